The van der Waals surface area contributed by atoms with Crippen LogP contribution < -0.4 is 14.5 Å². The van der Waals surface area contributed by atoms with Crippen molar-refractivity contribution in [1.82, 2.24) is 14.8 Å². The normalized spacial score (nSPS) is 34.4. The third-order valence-electron chi connectivity index (χ3n) is 16.2. The summed E-state index contributed by atoms with van der Waals surface area (Å²) in [6, 6.07) is 8.70. The molecule has 1 aromatic heterocycles. The molecule has 15 heteroatoms. The lowest BCUT2D eigenvalue weighted by molar-refractivity contribution is -0.228. The van der Waals surface area contributed by atoms with Crippen LogP contribution in [0.1, 0.15) is 68.8 Å². The minimum absolute atomic E-state index is 0.141. The molecule has 2 saturated heterocycles. The number of nitrogens with one attached hydrogen (secondary N) is 1. The maximum Gasteiger partial charge on any atom is 0.344 e. The summed E-state index contributed by atoms with van der Waals surface area (Å²) in [7, 11) is 9.91. The van der Waals surface area contributed by atoms with Crippen LogP contribution in [-0.4, -0.2) is 143 Å². The second-order valence-electron chi connectivity index (χ2n) is 19.4. The maximum absolute atomic E-state index is 15.5. The molecule has 1 spiro atoms. The van der Waals surface area contributed by atoms with E-state index in [1.54, 1.807) is 7.11 Å². The number of piperidine rings is 1. The smallest absolute Gasteiger partial charge is 0.344 e. The average molecular weight is 874 g/mol. The highest BCUT2D eigenvalue weighted by Gasteiger charge is 2.80. The summed E-state index contributed by atoms with van der Waals surface area (Å²) in [5.41, 5.74) is -0.659. The van der Waals surface area contributed by atoms with Gasteiger partial charge >= 0.3 is 17.9 Å². The van der Waals surface area contributed by atoms with Crippen LogP contribution in [0.15, 0.2) is 42.5 Å². The number of aromatic amines is 1. The van der Waals surface area contributed by atoms with Crippen LogP contribution in [0.3, 0.4) is 0 Å². The summed E-state index contributed by atoms with van der Waals surface area (Å²) in [4.78, 5) is 55.1. The van der Waals surface area contributed by atoms with Gasteiger partial charge in [-0.1, -0.05) is 19.1 Å². The number of fused-ring (bicyclic) bond motifs is 6. The molecule has 2 aromatic carbocycles. The van der Waals surface area contributed by atoms with Gasteiger partial charge in [-0.2, -0.15) is 0 Å². The Hall–Kier alpha value is -4.73. The Kier molecular flexibility index (Phi) is 10.3. The molecule has 3 aromatic rings. The van der Waals surface area contributed by atoms with Crippen LogP contribution in [0.4, 0.5) is 20.2 Å². The van der Waals surface area contributed by atoms with Crippen molar-refractivity contribution in [2.45, 2.75) is 93.4 Å². The number of methoxy groups -OCH3 is 3. The van der Waals surface area contributed by atoms with Crippen LogP contribution >= 0.6 is 0 Å². The van der Waals surface area contributed by atoms with Crippen LogP contribution in [-0.2, 0) is 45.8 Å². The van der Waals surface area contributed by atoms with Gasteiger partial charge in [0.2, 0.25) is 11.5 Å². The number of hydrogen-bond donors (Lipinski definition) is 2. The van der Waals surface area contributed by atoms with E-state index in [0.717, 1.165) is 34.6 Å². The Morgan fingerprint density at radius 2 is 1.76 bits per heavy atom. The van der Waals surface area contributed by atoms with Crippen LogP contribution in [0.5, 0.6) is 5.75 Å². The first-order valence-corrected chi connectivity index (χ1v) is 22.2. The number of carbonyl (C=O) groups is 3. The van der Waals surface area contributed by atoms with Crippen molar-refractivity contribution >= 4 is 40.2 Å². The van der Waals surface area contributed by atoms with Crippen molar-refractivity contribution in [3.05, 3.63) is 64.9 Å². The SMILES string of the molecule is CC[C@]12C=CCN3CC[C@@]4(c5cc([C@@]6(C(=O)OC)C[C@@H]7C[C@@H](C(C)(F)F)C[N@](CCc8c6[nH]c6ccc(N(C)C)cc86)C7)c(OC)cc5N(C)[C@H]4[C@@](O)(C(=O)OC)[C@@H]1OC(C)=O)[C@@H]32. The summed E-state index contributed by atoms with van der Waals surface area (Å²) in [5, 5.41) is 14.3. The molecule has 3 fully saturated rings. The highest BCUT2D eigenvalue weighted by Crippen LogP contribution is 2.68. The predicted octanol–water partition coefficient (Wildman–Crippen LogP) is 5.19. The molecule has 2 bridgehead atoms. The quantitative estimate of drug-likeness (QED) is 0.175. The number of H-pyrrole nitrogens is 1. The lowest BCUT2D eigenvalue weighted by Gasteiger charge is -2.63. The molecule has 63 heavy (non-hydrogen) atoms. The van der Waals surface area contributed by atoms with E-state index >= 15 is 13.6 Å². The third-order valence-corrected chi connectivity index (χ3v) is 16.2. The minimum Gasteiger partial charge on any atom is -0.496 e. The van der Waals surface area contributed by atoms with E-state index in [1.807, 2.05) is 74.3 Å². The van der Waals surface area contributed by atoms with Crippen LogP contribution in [0.25, 0.3) is 10.9 Å². The Morgan fingerprint density at radius 1 is 1.02 bits per heavy atom. The number of carbonyl (C=O) groups excluding carboxylic acids is 3. The van der Waals surface area contributed by atoms with E-state index in [2.05, 4.69) is 20.9 Å². The predicted molar refractivity (Wildman–Crippen MR) is 234 cm³/mol. The number of halogens is 2. The monoisotopic (exact) mass is 873 g/mol. The summed E-state index contributed by atoms with van der Waals surface area (Å²) in [6.07, 6.45) is 4.48. The summed E-state index contributed by atoms with van der Waals surface area (Å²) in [6.45, 7) is 6.75. The first-order chi connectivity index (χ1) is 29.9. The van der Waals surface area contributed by atoms with E-state index in [0.29, 0.717) is 68.1 Å². The highest BCUT2D eigenvalue weighted by molar-refractivity contribution is 5.96. The van der Waals surface area contributed by atoms with Gasteiger partial charge in [-0.25, -0.2) is 13.6 Å². The number of esters is 3. The molecule has 0 unspecified atom stereocenters. The Morgan fingerprint density at radius 3 is 2.41 bits per heavy atom. The lowest BCUT2D eigenvalue weighted by atomic mass is 9.47. The summed E-state index contributed by atoms with van der Waals surface area (Å²) >= 11 is 0. The van der Waals surface area contributed by atoms with Gasteiger partial charge in [0.1, 0.15) is 11.2 Å². The van der Waals surface area contributed by atoms with Crippen molar-refractivity contribution in [2.24, 2.45) is 17.3 Å². The standard InChI is InChI=1S/C48H61F2N5O8/c1-10-45-15-11-17-55-19-16-46(39(45)55)33-22-34(37(60-7)23-36(33)53(6)40(46)48(59,43(58)62-9)41(45)63-27(2)56)47(42(57)61-8)24-28-20-29(44(3,49)50)26-54(25-28)18-14-31-32-21-30(52(4)5)12-13-35(32)51-38(31)47/h11-13,15,21-23,28-29,39-41,51,59H,10,14,16-20,24-26H2,1-9H3/t28-,29+,39-,40+,41+,45+,46+,47-,48-/m0/s1. The number of hydrogen-bond acceptors (Lipinski definition) is 12. The number of anilines is 2. The first kappa shape index (κ1) is 43.5. The third kappa shape index (κ3) is 5.90. The van der Waals surface area contributed by atoms with E-state index in [-0.39, 0.29) is 31.3 Å². The fourth-order valence-corrected chi connectivity index (χ4v) is 13.7. The van der Waals surface area contributed by atoms with Crippen LogP contribution in [0.2, 0.25) is 0 Å². The van der Waals surface area contributed by atoms with Crippen molar-refractivity contribution < 1.29 is 47.2 Å². The van der Waals surface area contributed by atoms with Gasteiger partial charge in [0.15, 0.2) is 6.10 Å². The molecule has 6 aliphatic rings. The van der Waals surface area contributed by atoms with E-state index in [1.165, 1.54) is 21.1 Å². The molecule has 0 amide bonds. The van der Waals surface area contributed by atoms with Crippen molar-refractivity contribution in [3.8, 4) is 5.75 Å². The molecular weight excluding hydrogens is 813 g/mol. The highest BCUT2D eigenvalue weighted by atomic mass is 19.3. The Bertz CT molecular complexity index is 2400. The fourth-order valence-electron chi connectivity index (χ4n) is 13.7. The van der Waals surface area contributed by atoms with Crippen molar-refractivity contribution in [3.63, 3.8) is 0 Å². The first-order valence-electron chi connectivity index (χ1n) is 22.2. The molecule has 5 aliphatic heterocycles. The van der Waals surface area contributed by atoms with Crippen molar-refractivity contribution in [1.29, 1.82) is 0 Å². The topological polar surface area (TPSA) is 137 Å². The largest absolute Gasteiger partial charge is 0.496 e. The fraction of sp³-hybridized carbons (Fsp3) is 0.604. The molecule has 13 nitrogen and oxygen atoms in total. The number of aliphatic hydroxyl groups is 1. The second-order valence-corrected chi connectivity index (χ2v) is 19.4. The molecule has 1 aliphatic carbocycles. The molecule has 6 heterocycles. The number of alkyl halides is 2. The Balaban J connectivity index is 1.36. The number of ether oxygens (including phenoxy) is 4. The van der Waals surface area contributed by atoms with Crippen LogP contribution in [0, 0.1) is 17.3 Å². The van der Waals surface area contributed by atoms with E-state index in [9.17, 15) is 14.7 Å². The molecule has 340 valence electrons. The number of benzene rings is 2. The lowest BCUT2D eigenvalue weighted by Crippen LogP contribution is -2.81. The maximum atomic E-state index is 15.5. The zero-order valence-corrected chi connectivity index (χ0v) is 37.8. The summed E-state index contributed by atoms with van der Waals surface area (Å²) < 4.78 is 54.8. The molecule has 10 atom stereocenters. The second kappa shape index (κ2) is 14.9. The van der Waals surface area contributed by atoms with Gasteiger partial charge in [0.25, 0.3) is 0 Å². The van der Waals surface area contributed by atoms with Gasteiger partial charge in [0, 0.05) is 117 Å². The van der Waals surface area contributed by atoms with E-state index < -0.39 is 63.7 Å². The number of likely N-dealkylation sites (N-methyl/N-ethyl adjacent to an activating group) is 1. The molecule has 1 saturated carbocycles. The molecule has 2 N–H and O–H groups in total. The number of nitrogens with zero attached hydrogens (tertiary/aromatic N) is 4. The van der Waals surface area contributed by atoms with Gasteiger partial charge < -0.3 is 43.7 Å². The van der Waals surface area contributed by atoms with Gasteiger partial charge in [-0.05, 0) is 86.9 Å². The molecule has 0 radical (unpaired) electrons. The number of rotatable bonds is 8. The number of aromatic nitrogens is 1. The molecule has 9 rings (SSSR count). The average Bonchev–Trinajstić information content (AvgIpc) is 3.92. The summed E-state index contributed by atoms with van der Waals surface area (Å²) in [5.74, 6) is -5.96. The van der Waals surface area contributed by atoms with Gasteiger partial charge in [-0.15, -0.1) is 0 Å². The zero-order chi connectivity index (χ0) is 45.2. The minimum atomic E-state index is -2.94. The van der Waals surface area contributed by atoms with Gasteiger partial charge in [0.05, 0.1) is 27.4 Å². The Labute approximate surface area is 367 Å². The zero-order valence-electron chi connectivity index (χ0n) is 37.8. The van der Waals surface area contributed by atoms with E-state index in [4.69, 9.17) is 18.9 Å². The molecular formula is C48H61F2N5O8. The van der Waals surface area contributed by atoms with Crippen molar-refractivity contribution in [2.75, 3.05) is 85.0 Å². The van der Waals surface area contributed by atoms with Gasteiger partial charge in [-0.3, -0.25) is 14.5 Å².